The van der Waals surface area contributed by atoms with E-state index in [0.29, 0.717) is 5.56 Å². The molecule has 0 saturated carbocycles. The lowest BCUT2D eigenvalue weighted by Gasteiger charge is -2.08. The Hall–Kier alpha value is -3.01. The highest BCUT2D eigenvalue weighted by Crippen LogP contribution is 2.33. The van der Waals surface area contributed by atoms with Crippen LogP contribution in [0.25, 0.3) is 16.9 Å². The van der Waals surface area contributed by atoms with E-state index in [-0.39, 0.29) is 16.3 Å². The normalized spacial score (nSPS) is 12.1. The summed E-state index contributed by atoms with van der Waals surface area (Å²) in [6.07, 6.45) is -4.64. The number of sulfonamides is 1. The van der Waals surface area contributed by atoms with Crippen LogP contribution in [-0.2, 0) is 16.2 Å². The van der Waals surface area contributed by atoms with Crippen LogP contribution in [0.5, 0.6) is 0 Å². The number of nitroso groups, excluding NO2 is 1. The van der Waals surface area contributed by atoms with Crippen LogP contribution < -0.4 is 0 Å². The quantitative estimate of drug-likeness (QED) is 0.616. The van der Waals surface area contributed by atoms with Crippen molar-refractivity contribution in [3.8, 4) is 16.9 Å². The molecule has 2 aromatic carbocycles. The van der Waals surface area contributed by atoms with E-state index in [2.05, 4.69) is 9.68 Å². The Kier molecular flexibility index (Phi) is 4.60. The first kappa shape index (κ1) is 18.8. The Morgan fingerprint density at radius 3 is 2.11 bits per heavy atom. The Balaban J connectivity index is 2.15. The number of aromatic nitrogens is 2. The van der Waals surface area contributed by atoms with Crippen molar-refractivity contribution in [2.24, 2.45) is 4.58 Å². The summed E-state index contributed by atoms with van der Waals surface area (Å²) in [5, 5.41) is 3.62. The second-order valence-electron chi connectivity index (χ2n) is 5.73. The molecule has 0 saturated heterocycles. The van der Waals surface area contributed by atoms with E-state index in [4.69, 9.17) is 0 Å². The number of halogens is 3. The summed E-state index contributed by atoms with van der Waals surface area (Å²) >= 11 is 0. The highest BCUT2D eigenvalue weighted by atomic mass is 32.2. The van der Waals surface area contributed by atoms with E-state index >= 15 is 0 Å². The molecule has 1 heterocycles. The fraction of sp³-hybridized carbons (Fsp3) is 0.118. The van der Waals surface area contributed by atoms with Crippen molar-refractivity contribution in [3.05, 3.63) is 70.8 Å². The van der Waals surface area contributed by atoms with E-state index < -0.39 is 21.9 Å². The SMILES string of the molecule is Cc1ccc(-c2cc(C(F)(F)F)nn2-c2ccc(S(=O)(=O)N=O)cc2)cc1. The third kappa shape index (κ3) is 3.75. The lowest BCUT2D eigenvalue weighted by atomic mass is 10.1. The number of nitrogens with zero attached hydrogens (tertiary/aromatic N) is 3. The zero-order valence-corrected chi connectivity index (χ0v) is 14.6. The lowest BCUT2D eigenvalue weighted by Crippen LogP contribution is -2.07. The molecule has 0 amide bonds. The monoisotopic (exact) mass is 395 g/mol. The Morgan fingerprint density at radius 1 is 1.00 bits per heavy atom. The van der Waals surface area contributed by atoms with Gasteiger partial charge in [0.1, 0.15) is 0 Å². The summed E-state index contributed by atoms with van der Waals surface area (Å²) in [5.74, 6) is 0. The van der Waals surface area contributed by atoms with E-state index in [1.54, 1.807) is 24.3 Å². The van der Waals surface area contributed by atoms with Gasteiger partial charge < -0.3 is 0 Å². The fourth-order valence-corrected chi connectivity index (χ4v) is 3.01. The molecule has 3 rings (SSSR count). The van der Waals surface area contributed by atoms with Gasteiger partial charge in [0, 0.05) is 5.56 Å². The molecule has 0 bridgehead atoms. The van der Waals surface area contributed by atoms with Gasteiger partial charge in [-0.25, -0.2) is 4.68 Å². The molecule has 27 heavy (non-hydrogen) atoms. The summed E-state index contributed by atoms with van der Waals surface area (Å²) < 4.78 is 65.5. The van der Waals surface area contributed by atoms with Gasteiger partial charge >= 0.3 is 16.2 Å². The lowest BCUT2D eigenvalue weighted by molar-refractivity contribution is -0.141. The average Bonchev–Trinajstić information content (AvgIpc) is 3.08. The average molecular weight is 395 g/mol. The molecule has 0 aliphatic heterocycles. The second-order valence-corrected chi connectivity index (χ2v) is 7.30. The molecular weight excluding hydrogens is 383 g/mol. The number of alkyl halides is 3. The van der Waals surface area contributed by atoms with Gasteiger partial charge in [0.2, 0.25) is 0 Å². The van der Waals surface area contributed by atoms with Crippen LogP contribution in [-0.4, -0.2) is 18.2 Å². The first-order valence-electron chi connectivity index (χ1n) is 7.56. The van der Waals surface area contributed by atoms with Gasteiger partial charge in [0.25, 0.3) is 0 Å². The highest BCUT2D eigenvalue weighted by molar-refractivity contribution is 7.90. The van der Waals surface area contributed by atoms with Crippen molar-refractivity contribution >= 4 is 10.0 Å². The molecule has 3 aromatic rings. The van der Waals surface area contributed by atoms with Crippen molar-refractivity contribution in [3.63, 3.8) is 0 Å². The van der Waals surface area contributed by atoms with Gasteiger partial charge in [0.05, 0.1) is 20.9 Å². The van der Waals surface area contributed by atoms with Crippen molar-refractivity contribution in [1.82, 2.24) is 9.78 Å². The molecule has 6 nitrogen and oxygen atoms in total. The van der Waals surface area contributed by atoms with Crippen LogP contribution >= 0.6 is 0 Å². The molecular formula is C17H12F3N3O3S. The number of rotatable bonds is 4. The minimum atomic E-state index is -4.64. The number of hydrogen-bond donors (Lipinski definition) is 0. The van der Waals surface area contributed by atoms with E-state index in [1.807, 2.05) is 6.92 Å². The topological polar surface area (TPSA) is 81.4 Å². The van der Waals surface area contributed by atoms with Crippen LogP contribution in [0.15, 0.2) is 64.1 Å². The van der Waals surface area contributed by atoms with Crippen LogP contribution in [0, 0.1) is 11.8 Å². The summed E-state index contributed by atoms with van der Waals surface area (Å²) in [7, 11) is -4.32. The van der Waals surface area contributed by atoms with Gasteiger partial charge in [-0.1, -0.05) is 29.8 Å². The van der Waals surface area contributed by atoms with Crippen molar-refractivity contribution in [2.75, 3.05) is 0 Å². The zero-order valence-electron chi connectivity index (χ0n) is 13.8. The van der Waals surface area contributed by atoms with Gasteiger partial charge in [-0.2, -0.15) is 26.7 Å². The second kappa shape index (κ2) is 6.62. The van der Waals surface area contributed by atoms with Gasteiger partial charge in [-0.3, -0.25) is 0 Å². The highest BCUT2D eigenvalue weighted by Gasteiger charge is 2.35. The largest absolute Gasteiger partial charge is 0.435 e. The first-order chi connectivity index (χ1) is 12.6. The molecule has 10 heteroatoms. The minimum Gasteiger partial charge on any atom is -0.233 e. The summed E-state index contributed by atoms with van der Waals surface area (Å²) in [5.41, 5.74) is 0.758. The maximum Gasteiger partial charge on any atom is 0.435 e. The molecule has 0 spiro atoms. The Labute approximate surface area is 152 Å². The first-order valence-corrected chi connectivity index (χ1v) is 9.00. The van der Waals surface area contributed by atoms with Crippen LogP contribution in [0.1, 0.15) is 11.3 Å². The van der Waals surface area contributed by atoms with E-state index in [1.165, 1.54) is 12.1 Å². The molecule has 0 unspecified atom stereocenters. The number of hydrogen-bond acceptors (Lipinski definition) is 4. The standard InChI is InChI=1S/C17H12F3N3O3S/c1-11-2-4-12(5-3-11)15-10-16(17(18,19)20)21-23(15)13-6-8-14(9-7-13)27(25,26)22-24/h2-10H,1H3. The molecule has 0 fully saturated rings. The van der Waals surface area contributed by atoms with Gasteiger partial charge in [-0.05, 0) is 37.3 Å². The Bertz CT molecular complexity index is 1090. The van der Waals surface area contributed by atoms with Crippen LogP contribution in [0.4, 0.5) is 13.2 Å². The smallest absolute Gasteiger partial charge is 0.233 e. The third-order valence-corrected chi connectivity index (χ3v) is 4.89. The zero-order chi connectivity index (χ0) is 19.8. The maximum absolute atomic E-state index is 13.1. The molecule has 0 N–H and O–H groups in total. The maximum atomic E-state index is 13.1. The molecule has 0 aliphatic rings. The molecule has 0 radical (unpaired) electrons. The Morgan fingerprint density at radius 2 is 1.59 bits per heavy atom. The van der Waals surface area contributed by atoms with Crippen LogP contribution in [0.3, 0.4) is 0 Å². The van der Waals surface area contributed by atoms with Gasteiger partial charge in [-0.15, -0.1) is 4.91 Å². The van der Waals surface area contributed by atoms with E-state index in [9.17, 15) is 26.5 Å². The summed E-state index contributed by atoms with van der Waals surface area (Å²) in [6.45, 7) is 1.85. The van der Waals surface area contributed by atoms with Crippen molar-refractivity contribution in [2.45, 2.75) is 18.0 Å². The van der Waals surface area contributed by atoms with Crippen LogP contribution in [0.2, 0.25) is 0 Å². The predicted octanol–water partition coefficient (Wildman–Crippen LogP) is 4.32. The molecule has 0 aliphatic carbocycles. The molecule has 0 atom stereocenters. The fourth-order valence-electron chi connectivity index (χ4n) is 2.45. The summed E-state index contributed by atoms with van der Waals surface area (Å²) in [6, 6.07) is 12.4. The number of aryl methyl sites for hydroxylation is 1. The minimum absolute atomic E-state index is 0.187. The van der Waals surface area contributed by atoms with Gasteiger partial charge in [0.15, 0.2) is 5.69 Å². The van der Waals surface area contributed by atoms with Crippen molar-refractivity contribution in [1.29, 1.82) is 0 Å². The summed E-state index contributed by atoms with van der Waals surface area (Å²) in [4.78, 5) is 10.0. The molecule has 1 aromatic heterocycles. The van der Waals surface area contributed by atoms with E-state index in [0.717, 1.165) is 28.4 Å². The third-order valence-electron chi connectivity index (χ3n) is 3.82. The van der Waals surface area contributed by atoms with Crippen molar-refractivity contribution < 1.29 is 21.6 Å². The number of benzene rings is 2. The predicted molar refractivity (Wildman–Crippen MR) is 91.7 cm³/mol. The molecule has 140 valence electrons.